The normalized spacial score (nSPS) is 10.7. The fourth-order valence-electron chi connectivity index (χ4n) is 2.39. The van der Waals surface area contributed by atoms with E-state index in [0.717, 1.165) is 32.7 Å². The van der Waals surface area contributed by atoms with Crippen LogP contribution >= 0.6 is 23.5 Å². The van der Waals surface area contributed by atoms with E-state index in [9.17, 15) is 38.2 Å². The van der Waals surface area contributed by atoms with Crippen LogP contribution in [-0.4, -0.2) is 32.7 Å². The Balaban J connectivity index is -0.0000000995. The number of rotatable bonds is 19. The van der Waals surface area contributed by atoms with Gasteiger partial charge in [0.1, 0.15) is 0 Å². The fraction of sp³-hybridized carbons (Fsp3) is 1.00. The zero-order chi connectivity index (χ0) is 35.1. The van der Waals surface area contributed by atoms with Crippen molar-refractivity contribution in [2.24, 2.45) is 0 Å². The maximum absolute atomic E-state index is 10.1. The smallest absolute Gasteiger partial charge is 0.275 e. The SMILES string of the molecule is CCCCC[NH3+].CCCCC[NH3+].CCCCC[NH3+].CCCCC[NH3+].CCCCC[NH3+].O=P([O-])([O-])OP(=O)([O-])OP(=O)([O-])[O-]. The van der Waals surface area contributed by atoms with Crippen LogP contribution in [0.2, 0.25) is 0 Å². The van der Waals surface area contributed by atoms with Gasteiger partial charge in [-0.2, -0.15) is 0 Å². The van der Waals surface area contributed by atoms with Crippen LogP contribution in [-0.2, 0) is 22.3 Å². The highest BCUT2D eigenvalue weighted by molar-refractivity contribution is 7.64. The quantitative estimate of drug-likeness (QED) is 0.0749. The molecule has 0 amide bonds. The van der Waals surface area contributed by atoms with Crippen molar-refractivity contribution in [3.63, 3.8) is 0 Å². The standard InChI is InChI=1S/5C5H13N.H5O10P3/c5*1-2-3-4-5-6;1-11(2,3)9-13(7,8)10-12(4,5)6/h5*2-6H2,1H3;(H,7,8)(H2,1,2,3)(H2,4,5,6). The summed E-state index contributed by atoms with van der Waals surface area (Å²) in [6, 6.07) is 0. The monoisotopic (exact) mass is 693 g/mol. The average Bonchev–Trinajstić information content (AvgIpc) is 2.90. The molecule has 0 aromatic heterocycles. The molecule has 0 aromatic carbocycles. The molecule has 0 unspecified atom stereocenters. The molecular formula is C25H70N5O10P3. The number of quaternary nitrogens is 5. The first-order valence-corrected chi connectivity index (χ1v) is 20.1. The minimum atomic E-state index is -5.97. The van der Waals surface area contributed by atoms with E-state index in [-0.39, 0.29) is 0 Å². The summed E-state index contributed by atoms with van der Waals surface area (Å²) in [5.41, 5.74) is 18.6. The Labute approximate surface area is 262 Å². The van der Waals surface area contributed by atoms with Crippen molar-refractivity contribution < 1.29 is 75.5 Å². The minimum Gasteiger partial charge on any atom is -0.790 e. The summed E-state index contributed by atoms with van der Waals surface area (Å²) in [5.74, 6) is 0. The molecule has 0 radical (unpaired) electrons. The second-order valence-electron chi connectivity index (χ2n) is 9.31. The van der Waals surface area contributed by atoms with Crippen molar-refractivity contribution in [2.45, 2.75) is 131 Å². The van der Waals surface area contributed by atoms with E-state index < -0.39 is 23.5 Å². The van der Waals surface area contributed by atoms with E-state index in [4.69, 9.17) is 0 Å². The lowest BCUT2D eigenvalue weighted by Gasteiger charge is -2.40. The molecule has 0 fully saturated rings. The van der Waals surface area contributed by atoms with E-state index in [1.807, 2.05) is 0 Å². The summed E-state index contributed by atoms with van der Waals surface area (Å²) in [5, 5.41) is 0. The molecule has 0 saturated carbocycles. The lowest BCUT2D eigenvalue weighted by molar-refractivity contribution is -0.368. The van der Waals surface area contributed by atoms with Crippen LogP contribution in [0.15, 0.2) is 0 Å². The molecule has 0 spiro atoms. The first-order chi connectivity index (χ1) is 20.0. The molecule has 43 heavy (non-hydrogen) atoms. The average molecular weight is 694 g/mol. The first-order valence-electron chi connectivity index (χ1n) is 15.7. The molecular weight excluding hydrogens is 623 g/mol. The molecule has 15 N–H and O–H groups in total. The molecule has 15 nitrogen and oxygen atoms in total. The van der Waals surface area contributed by atoms with Crippen LogP contribution in [0.3, 0.4) is 0 Å². The van der Waals surface area contributed by atoms with Crippen LogP contribution in [0.25, 0.3) is 0 Å². The third-order valence-corrected chi connectivity index (χ3v) is 7.87. The Morgan fingerprint density at radius 2 is 0.558 bits per heavy atom. The van der Waals surface area contributed by atoms with Gasteiger partial charge in [-0.15, -0.1) is 0 Å². The summed E-state index contributed by atoms with van der Waals surface area (Å²) in [7, 11) is -17.9. The van der Waals surface area contributed by atoms with Gasteiger partial charge in [-0.3, -0.25) is 13.2 Å². The Morgan fingerprint density at radius 1 is 0.395 bits per heavy atom. The van der Waals surface area contributed by atoms with E-state index in [1.54, 1.807) is 0 Å². The van der Waals surface area contributed by atoms with Crippen molar-refractivity contribution in [3.8, 4) is 0 Å². The lowest BCUT2D eigenvalue weighted by atomic mass is 10.3. The summed E-state index contributed by atoms with van der Waals surface area (Å²) in [6.07, 6.45) is 19.8. The Kier molecular flexibility index (Phi) is 57.3. The van der Waals surface area contributed by atoms with E-state index in [0.29, 0.717) is 0 Å². The Hall–Kier alpha value is 0.210. The molecule has 0 atom stereocenters. The van der Waals surface area contributed by atoms with Gasteiger partial charge in [0.15, 0.2) is 0 Å². The largest absolute Gasteiger partial charge is 0.790 e. The van der Waals surface area contributed by atoms with Crippen molar-refractivity contribution in [2.75, 3.05) is 32.7 Å². The third kappa shape index (κ3) is 92.2. The second kappa shape index (κ2) is 44.3. The number of phosphoric acid groups is 3. The van der Waals surface area contributed by atoms with Gasteiger partial charge in [-0.05, 0) is 64.2 Å². The molecule has 0 rings (SSSR count). The molecule has 0 aliphatic rings. The molecule has 0 heterocycles. The zero-order valence-corrected chi connectivity index (χ0v) is 30.8. The van der Waals surface area contributed by atoms with Crippen molar-refractivity contribution >= 4 is 23.5 Å². The van der Waals surface area contributed by atoms with Gasteiger partial charge < -0.3 is 62.3 Å². The number of hydrogen-bond acceptors (Lipinski definition) is 10. The lowest BCUT2D eigenvalue weighted by Crippen LogP contribution is -2.50. The van der Waals surface area contributed by atoms with Crippen LogP contribution < -0.4 is 53.1 Å². The molecule has 270 valence electrons. The van der Waals surface area contributed by atoms with Gasteiger partial charge in [0.25, 0.3) is 7.82 Å². The molecule has 0 bridgehead atoms. The molecule has 0 aromatic rings. The maximum Gasteiger partial charge on any atom is 0.275 e. The second-order valence-corrected chi connectivity index (χ2v) is 13.3. The molecule has 18 heteroatoms. The topological polar surface area (TPSA) is 323 Å². The summed E-state index contributed by atoms with van der Waals surface area (Å²) in [6.45, 7) is 16.5. The van der Waals surface area contributed by atoms with Gasteiger partial charge in [-0.1, -0.05) is 66.7 Å². The highest BCUT2D eigenvalue weighted by Gasteiger charge is 2.13. The van der Waals surface area contributed by atoms with Gasteiger partial charge in [-0.25, -0.2) is 0 Å². The van der Waals surface area contributed by atoms with Crippen molar-refractivity contribution in [1.29, 1.82) is 0 Å². The number of hydrogen-bond donors (Lipinski definition) is 5. The fourth-order valence-corrected chi connectivity index (χ4v) is 4.74. The number of unbranched alkanes of at least 4 members (excludes halogenated alkanes) is 10. The van der Waals surface area contributed by atoms with Gasteiger partial charge >= 0.3 is 0 Å². The van der Waals surface area contributed by atoms with Crippen LogP contribution in [0.4, 0.5) is 0 Å². The molecule has 0 saturated heterocycles. The highest BCUT2D eigenvalue weighted by Crippen LogP contribution is 2.57. The van der Waals surface area contributed by atoms with Gasteiger partial charge in [0.2, 0.25) is 0 Å². The predicted octanol–water partition coefficient (Wildman–Crippen LogP) is -1.76. The van der Waals surface area contributed by atoms with Crippen LogP contribution in [0.5, 0.6) is 0 Å². The van der Waals surface area contributed by atoms with Gasteiger partial charge in [0.05, 0.1) is 48.4 Å². The zero-order valence-electron chi connectivity index (χ0n) is 28.1. The first kappa shape index (κ1) is 55.6. The Bertz CT molecular complexity index is 536. The van der Waals surface area contributed by atoms with Crippen LogP contribution in [0.1, 0.15) is 131 Å². The third-order valence-electron chi connectivity index (χ3n) is 4.67. The summed E-state index contributed by atoms with van der Waals surface area (Å²) >= 11 is 0. The summed E-state index contributed by atoms with van der Waals surface area (Å²) < 4.78 is 34.7. The van der Waals surface area contributed by atoms with E-state index in [1.165, 1.54) is 96.3 Å². The highest BCUT2D eigenvalue weighted by atomic mass is 31.3. The van der Waals surface area contributed by atoms with Crippen molar-refractivity contribution in [1.82, 2.24) is 0 Å². The predicted molar refractivity (Wildman–Crippen MR) is 161 cm³/mol. The summed E-state index contributed by atoms with van der Waals surface area (Å²) in [4.78, 5) is 48.6. The molecule has 0 aliphatic carbocycles. The van der Waals surface area contributed by atoms with Gasteiger partial charge in [0, 0.05) is 0 Å². The Morgan fingerprint density at radius 3 is 0.628 bits per heavy atom. The van der Waals surface area contributed by atoms with E-state index in [2.05, 4.69) is 71.9 Å². The maximum atomic E-state index is 10.1. The molecule has 0 aliphatic heterocycles. The minimum absolute atomic E-state index is 1.10. The van der Waals surface area contributed by atoms with E-state index >= 15 is 0 Å². The van der Waals surface area contributed by atoms with Crippen molar-refractivity contribution in [3.05, 3.63) is 0 Å². The van der Waals surface area contributed by atoms with Crippen LogP contribution in [0, 0.1) is 0 Å².